The summed E-state index contributed by atoms with van der Waals surface area (Å²) in [5.74, 6) is -2.77. The van der Waals surface area contributed by atoms with E-state index in [1.165, 1.54) is 0 Å². The van der Waals surface area contributed by atoms with Crippen molar-refractivity contribution in [1.29, 1.82) is 0 Å². The molecule has 0 bridgehead atoms. The molecule has 0 fully saturated rings. The van der Waals surface area contributed by atoms with E-state index in [0.717, 1.165) is 12.1 Å². The summed E-state index contributed by atoms with van der Waals surface area (Å²) in [6, 6.07) is 8.17. The van der Waals surface area contributed by atoms with Crippen LogP contribution in [0.4, 0.5) is 13.2 Å². The number of amides is 1. The molecule has 8 heteroatoms. The minimum absolute atomic E-state index is 0.0247. The highest BCUT2D eigenvalue weighted by Crippen LogP contribution is 2.40. The third-order valence-electron chi connectivity index (χ3n) is 3.48. The zero-order chi connectivity index (χ0) is 18.8. The predicted octanol–water partition coefficient (Wildman–Crippen LogP) is 3.24. The highest BCUT2D eigenvalue weighted by molar-refractivity contribution is 5.96. The van der Waals surface area contributed by atoms with Gasteiger partial charge in [0.05, 0.1) is 11.1 Å². The number of carbonyl (C=O) groups excluding carboxylic acids is 1. The topological polar surface area (TPSA) is 89.6 Å². The van der Waals surface area contributed by atoms with E-state index in [9.17, 15) is 22.8 Å². The monoisotopic (exact) mass is 353 g/mol. The van der Waals surface area contributed by atoms with Crippen LogP contribution in [0.15, 0.2) is 36.4 Å². The summed E-state index contributed by atoms with van der Waals surface area (Å²) in [5.41, 5.74) is 4.15. The van der Waals surface area contributed by atoms with E-state index in [1.807, 2.05) is 0 Å². The number of rotatable bonds is 5. The van der Waals surface area contributed by atoms with Crippen molar-refractivity contribution in [1.82, 2.24) is 0 Å². The van der Waals surface area contributed by atoms with Crippen LogP contribution in [0.3, 0.4) is 0 Å². The summed E-state index contributed by atoms with van der Waals surface area (Å²) in [5, 5.41) is 8.76. The second-order valence-electron chi connectivity index (χ2n) is 5.25. The number of aliphatic carboxylic acids is 1. The Bertz CT molecular complexity index is 831. The zero-order valence-electron chi connectivity index (χ0n) is 13.1. The molecule has 0 spiro atoms. The number of ether oxygens (including phenoxy) is 1. The molecule has 0 aliphatic heterocycles. The van der Waals surface area contributed by atoms with Gasteiger partial charge in [-0.15, -0.1) is 0 Å². The SMILES string of the molecule is Cc1ccccc1-c1cc(C(F)(F)F)c(C(N)=O)cc1OCC(=O)O. The first-order valence-corrected chi connectivity index (χ1v) is 7.07. The van der Waals surface area contributed by atoms with Crippen molar-refractivity contribution in [3.05, 3.63) is 53.1 Å². The van der Waals surface area contributed by atoms with Crippen LogP contribution in [0, 0.1) is 6.92 Å². The van der Waals surface area contributed by atoms with Gasteiger partial charge in [0.25, 0.3) is 0 Å². The summed E-state index contributed by atoms with van der Waals surface area (Å²) in [6.07, 6.45) is -4.81. The van der Waals surface area contributed by atoms with Crippen molar-refractivity contribution < 1.29 is 32.6 Å². The number of aryl methyl sites for hydroxylation is 1. The van der Waals surface area contributed by atoms with Gasteiger partial charge in [0.1, 0.15) is 5.75 Å². The fourth-order valence-corrected chi connectivity index (χ4v) is 2.36. The Morgan fingerprint density at radius 2 is 1.80 bits per heavy atom. The van der Waals surface area contributed by atoms with E-state index >= 15 is 0 Å². The first kappa shape index (κ1) is 18.3. The third kappa shape index (κ3) is 4.09. The molecule has 0 heterocycles. The minimum atomic E-state index is -4.81. The number of carbonyl (C=O) groups is 2. The molecule has 0 unspecified atom stereocenters. The number of carboxylic acids is 1. The molecule has 2 aromatic rings. The molecule has 2 aromatic carbocycles. The summed E-state index contributed by atoms with van der Waals surface area (Å²) in [4.78, 5) is 22.2. The number of benzene rings is 2. The van der Waals surface area contributed by atoms with Crippen molar-refractivity contribution >= 4 is 11.9 Å². The molecule has 2 rings (SSSR count). The van der Waals surface area contributed by atoms with Gasteiger partial charge in [0.15, 0.2) is 6.61 Å². The van der Waals surface area contributed by atoms with E-state index in [2.05, 4.69) is 0 Å². The summed E-state index contributed by atoms with van der Waals surface area (Å²) >= 11 is 0. The molecule has 132 valence electrons. The van der Waals surface area contributed by atoms with Crippen LogP contribution < -0.4 is 10.5 Å². The van der Waals surface area contributed by atoms with Crippen molar-refractivity contribution in [2.45, 2.75) is 13.1 Å². The molecule has 0 aromatic heterocycles. The second kappa shape index (κ2) is 6.84. The van der Waals surface area contributed by atoms with E-state index in [0.29, 0.717) is 11.1 Å². The normalized spacial score (nSPS) is 11.2. The van der Waals surface area contributed by atoms with Gasteiger partial charge >= 0.3 is 12.1 Å². The van der Waals surface area contributed by atoms with Gasteiger partial charge in [0, 0.05) is 5.56 Å². The van der Waals surface area contributed by atoms with Gasteiger partial charge in [-0.2, -0.15) is 13.2 Å². The molecule has 3 N–H and O–H groups in total. The Balaban J connectivity index is 2.75. The number of primary amides is 1. The Labute approximate surface area is 140 Å². The van der Waals surface area contributed by atoms with Gasteiger partial charge < -0.3 is 15.6 Å². The largest absolute Gasteiger partial charge is 0.481 e. The smallest absolute Gasteiger partial charge is 0.417 e. The van der Waals surface area contributed by atoms with Crippen molar-refractivity contribution in [2.24, 2.45) is 5.73 Å². The maximum absolute atomic E-state index is 13.3. The van der Waals surface area contributed by atoms with E-state index in [4.69, 9.17) is 15.6 Å². The Morgan fingerprint density at radius 3 is 2.32 bits per heavy atom. The lowest BCUT2D eigenvalue weighted by Crippen LogP contribution is -2.20. The Hall–Kier alpha value is -3.03. The average molecular weight is 353 g/mol. The number of nitrogens with two attached hydrogens (primary N) is 1. The molecule has 0 aliphatic rings. The number of carboxylic acid groups (broad SMARTS) is 1. The first-order valence-electron chi connectivity index (χ1n) is 7.07. The van der Waals surface area contributed by atoms with Crippen LogP contribution >= 0.6 is 0 Å². The summed E-state index contributed by atoms with van der Waals surface area (Å²) < 4.78 is 45.0. The number of hydrogen-bond donors (Lipinski definition) is 2. The lowest BCUT2D eigenvalue weighted by atomic mass is 9.94. The van der Waals surface area contributed by atoms with Gasteiger partial charge in [0.2, 0.25) is 5.91 Å². The molecular formula is C17H14F3NO4. The molecule has 0 atom stereocenters. The maximum Gasteiger partial charge on any atom is 0.417 e. The lowest BCUT2D eigenvalue weighted by Gasteiger charge is -2.18. The number of hydrogen-bond acceptors (Lipinski definition) is 3. The first-order chi connectivity index (χ1) is 11.6. The number of halogens is 3. The minimum Gasteiger partial charge on any atom is -0.481 e. The molecule has 0 aliphatic carbocycles. The number of alkyl halides is 3. The van der Waals surface area contributed by atoms with Crippen molar-refractivity contribution in [2.75, 3.05) is 6.61 Å². The molecule has 0 saturated carbocycles. The molecular weight excluding hydrogens is 339 g/mol. The summed E-state index contributed by atoms with van der Waals surface area (Å²) in [7, 11) is 0. The molecule has 1 amide bonds. The molecule has 5 nitrogen and oxygen atoms in total. The fraction of sp³-hybridized carbons (Fsp3) is 0.176. The second-order valence-corrected chi connectivity index (χ2v) is 5.25. The lowest BCUT2D eigenvalue weighted by molar-refractivity contribution is -0.140. The third-order valence-corrected chi connectivity index (χ3v) is 3.48. The van der Waals surface area contributed by atoms with Gasteiger partial charge in [-0.1, -0.05) is 24.3 Å². The van der Waals surface area contributed by atoms with Crippen LogP contribution in [0.1, 0.15) is 21.5 Å². The standard InChI is InChI=1S/C17H14F3NO4/c1-9-4-2-3-5-10(9)11-6-13(17(18,19)20)12(16(21)24)7-14(11)25-8-15(22)23/h2-7H,8H2,1H3,(H2,21,24)(H,22,23). The quantitative estimate of drug-likeness (QED) is 0.863. The van der Waals surface area contributed by atoms with E-state index in [-0.39, 0.29) is 11.3 Å². The molecule has 0 saturated heterocycles. The maximum atomic E-state index is 13.3. The van der Waals surface area contributed by atoms with Crippen LogP contribution in [-0.2, 0) is 11.0 Å². The van der Waals surface area contributed by atoms with Crippen LogP contribution in [-0.4, -0.2) is 23.6 Å². The Kier molecular flexibility index (Phi) is 5.01. The van der Waals surface area contributed by atoms with Crippen LogP contribution in [0.5, 0.6) is 5.75 Å². The van der Waals surface area contributed by atoms with Crippen molar-refractivity contribution in [3.8, 4) is 16.9 Å². The molecule has 0 radical (unpaired) electrons. The van der Waals surface area contributed by atoms with E-state index < -0.39 is 35.8 Å². The van der Waals surface area contributed by atoms with Crippen LogP contribution in [0.25, 0.3) is 11.1 Å². The van der Waals surface area contributed by atoms with Crippen LogP contribution in [0.2, 0.25) is 0 Å². The summed E-state index contributed by atoms with van der Waals surface area (Å²) in [6.45, 7) is 0.911. The van der Waals surface area contributed by atoms with Gasteiger partial charge in [-0.25, -0.2) is 4.79 Å². The predicted molar refractivity (Wildman–Crippen MR) is 83.3 cm³/mol. The average Bonchev–Trinajstić information content (AvgIpc) is 2.51. The van der Waals surface area contributed by atoms with Crippen molar-refractivity contribution in [3.63, 3.8) is 0 Å². The molecule has 25 heavy (non-hydrogen) atoms. The van der Waals surface area contributed by atoms with E-state index in [1.54, 1.807) is 31.2 Å². The van der Waals surface area contributed by atoms with Gasteiger partial charge in [-0.05, 0) is 30.2 Å². The zero-order valence-corrected chi connectivity index (χ0v) is 13.1. The Morgan fingerprint density at radius 1 is 1.16 bits per heavy atom. The highest BCUT2D eigenvalue weighted by atomic mass is 19.4. The fourth-order valence-electron chi connectivity index (χ4n) is 2.36. The van der Waals surface area contributed by atoms with Gasteiger partial charge in [-0.3, -0.25) is 4.79 Å². The highest BCUT2D eigenvalue weighted by Gasteiger charge is 2.36.